The van der Waals surface area contributed by atoms with Crippen molar-refractivity contribution >= 4 is 0 Å². The molecule has 2 nitrogen and oxygen atoms in total. The summed E-state index contributed by atoms with van der Waals surface area (Å²) in [6, 6.07) is 8.52. The van der Waals surface area contributed by atoms with Crippen molar-refractivity contribution in [2.45, 2.75) is 39.4 Å². The normalized spacial score (nSPS) is 11.6. The molecule has 0 aliphatic carbocycles. The minimum Gasteiger partial charge on any atom is -0.308 e. The smallest absolute Gasteiger partial charge is 0.0599 e. The summed E-state index contributed by atoms with van der Waals surface area (Å²) in [6.07, 6.45) is 5.33. The van der Waals surface area contributed by atoms with Crippen molar-refractivity contribution in [1.82, 2.24) is 10.2 Å². The second kappa shape index (κ2) is 6.58. The lowest BCUT2D eigenvalue weighted by atomic mass is 10.0. The average molecular weight is 244 g/mol. The quantitative estimate of drug-likeness (QED) is 0.801. The van der Waals surface area contributed by atoms with Crippen molar-refractivity contribution in [3.05, 3.63) is 35.4 Å². The van der Waals surface area contributed by atoms with Crippen LogP contribution in [0.1, 0.15) is 31.9 Å². The van der Waals surface area contributed by atoms with Crippen LogP contribution in [-0.2, 0) is 13.1 Å². The summed E-state index contributed by atoms with van der Waals surface area (Å²) in [5, 5.41) is 3.52. The zero-order chi connectivity index (χ0) is 13.6. The maximum Gasteiger partial charge on any atom is 0.0599 e. The Bertz CT molecular complexity index is 410. The summed E-state index contributed by atoms with van der Waals surface area (Å²) in [4.78, 5) is 2.15. The van der Waals surface area contributed by atoms with Gasteiger partial charge >= 0.3 is 0 Å². The summed E-state index contributed by atoms with van der Waals surface area (Å²) in [5.74, 6) is 2.67. The number of nitrogens with zero attached hydrogens (tertiary/aromatic N) is 1. The molecule has 0 aliphatic heterocycles. The van der Waals surface area contributed by atoms with E-state index in [1.165, 1.54) is 11.1 Å². The molecule has 0 radical (unpaired) electrons. The van der Waals surface area contributed by atoms with Crippen LogP contribution >= 0.6 is 0 Å². The Balaban J connectivity index is 2.71. The standard InChI is InChI=1S/C16H24N2/c1-6-11-18(5)13-15-10-8-7-9-14(15)12-17-16(2,3)4/h1,7-10,17H,11-13H2,2-5H3. The summed E-state index contributed by atoms with van der Waals surface area (Å²) in [6.45, 7) is 9.01. The van der Waals surface area contributed by atoms with Gasteiger partial charge in [-0.1, -0.05) is 30.2 Å². The number of hydrogen-bond donors (Lipinski definition) is 1. The number of benzene rings is 1. The van der Waals surface area contributed by atoms with Crippen molar-refractivity contribution in [2.24, 2.45) is 0 Å². The van der Waals surface area contributed by atoms with E-state index in [1.54, 1.807) is 0 Å². The first-order chi connectivity index (χ1) is 8.42. The molecule has 0 saturated heterocycles. The monoisotopic (exact) mass is 244 g/mol. The third-order valence-electron chi connectivity index (χ3n) is 2.73. The lowest BCUT2D eigenvalue weighted by Crippen LogP contribution is -2.35. The Morgan fingerprint density at radius 1 is 1.22 bits per heavy atom. The SMILES string of the molecule is C#CCN(C)Cc1ccccc1CNC(C)(C)C. The molecule has 0 unspecified atom stereocenters. The highest BCUT2D eigenvalue weighted by Gasteiger charge is 2.10. The lowest BCUT2D eigenvalue weighted by Gasteiger charge is -2.22. The molecule has 18 heavy (non-hydrogen) atoms. The number of nitrogens with one attached hydrogen (secondary N) is 1. The van der Waals surface area contributed by atoms with Crippen molar-refractivity contribution in [2.75, 3.05) is 13.6 Å². The van der Waals surface area contributed by atoms with Gasteiger partial charge in [-0.25, -0.2) is 0 Å². The third-order valence-corrected chi connectivity index (χ3v) is 2.73. The van der Waals surface area contributed by atoms with Gasteiger partial charge in [0, 0.05) is 18.6 Å². The van der Waals surface area contributed by atoms with Crippen LogP contribution in [0.4, 0.5) is 0 Å². The Kier molecular flexibility index (Phi) is 5.40. The first-order valence-electron chi connectivity index (χ1n) is 6.36. The molecule has 0 atom stereocenters. The number of rotatable bonds is 5. The minimum absolute atomic E-state index is 0.137. The molecule has 0 heterocycles. The topological polar surface area (TPSA) is 15.3 Å². The zero-order valence-electron chi connectivity index (χ0n) is 12.0. The molecule has 0 saturated carbocycles. The molecule has 0 amide bonds. The van der Waals surface area contributed by atoms with Crippen molar-refractivity contribution in [1.29, 1.82) is 0 Å². The number of hydrogen-bond acceptors (Lipinski definition) is 2. The number of terminal acetylenes is 1. The van der Waals surface area contributed by atoms with Crippen LogP contribution in [0.25, 0.3) is 0 Å². The van der Waals surface area contributed by atoms with E-state index in [0.717, 1.165) is 13.1 Å². The molecule has 1 N–H and O–H groups in total. The summed E-state index contributed by atoms with van der Waals surface area (Å²) >= 11 is 0. The van der Waals surface area contributed by atoms with Gasteiger partial charge in [0.1, 0.15) is 0 Å². The van der Waals surface area contributed by atoms with Crippen LogP contribution in [0.5, 0.6) is 0 Å². The fraction of sp³-hybridized carbons (Fsp3) is 0.500. The molecule has 0 aliphatic rings. The molecular formula is C16H24N2. The summed E-state index contributed by atoms with van der Waals surface area (Å²) < 4.78 is 0. The lowest BCUT2D eigenvalue weighted by molar-refractivity contribution is 0.365. The highest BCUT2D eigenvalue weighted by atomic mass is 15.1. The third kappa shape index (κ3) is 5.35. The van der Waals surface area contributed by atoms with E-state index >= 15 is 0 Å². The van der Waals surface area contributed by atoms with Crippen LogP contribution in [0.15, 0.2) is 24.3 Å². The van der Waals surface area contributed by atoms with Gasteiger partial charge in [0.05, 0.1) is 6.54 Å². The van der Waals surface area contributed by atoms with Gasteiger partial charge in [-0.3, -0.25) is 4.90 Å². The molecule has 1 rings (SSSR count). The van der Waals surface area contributed by atoms with Gasteiger partial charge in [-0.05, 0) is 38.9 Å². The van der Waals surface area contributed by atoms with Crippen LogP contribution in [0.2, 0.25) is 0 Å². The van der Waals surface area contributed by atoms with Gasteiger partial charge in [-0.15, -0.1) is 6.42 Å². The molecule has 2 heteroatoms. The maximum absolute atomic E-state index is 5.33. The van der Waals surface area contributed by atoms with Gasteiger partial charge < -0.3 is 5.32 Å². The largest absolute Gasteiger partial charge is 0.308 e. The second-order valence-electron chi connectivity index (χ2n) is 5.75. The average Bonchev–Trinajstić information content (AvgIpc) is 2.27. The van der Waals surface area contributed by atoms with Crippen molar-refractivity contribution in [3.63, 3.8) is 0 Å². The Hall–Kier alpha value is -1.30. The van der Waals surface area contributed by atoms with E-state index in [0.29, 0.717) is 6.54 Å². The molecule has 98 valence electrons. The van der Waals surface area contributed by atoms with E-state index in [9.17, 15) is 0 Å². The van der Waals surface area contributed by atoms with Gasteiger partial charge in [0.2, 0.25) is 0 Å². The molecule has 1 aromatic rings. The van der Waals surface area contributed by atoms with Crippen LogP contribution in [0, 0.1) is 12.3 Å². The van der Waals surface area contributed by atoms with E-state index in [1.807, 2.05) is 7.05 Å². The minimum atomic E-state index is 0.137. The van der Waals surface area contributed by atoms with E-state index in [-0.39, 0.29) is 5.54 Å². The molecule has 1 aromatic carbocycles. The second-order valence-corrected chi connectivity index (χ2v) is 5.75. The van der Waals surface area contributed by atoms with E-state index < -0.39 is 0 Å². The highest BCUT2D eigenvalue weighted by molar-refractivity contribution is 5.27. The highest BCUT2D eigenvalue weighted by Crippen LogP contribution is 2.12. The van der Waals surface area contributed by atoms with Gasteiger partial charge in [0.15, 0.2) is 0 Å². The van der Waals surface area contributed by atoms with Crippen LogP contribution in [0.3, 0.4) is 0 Å². The first kappa shape index (κ1) is 14.8. The van der Waals surface area contributed by atoms with Crippen LogP contribution < -0.4 is 5.32 Å². The zero-order valence-corrected chi connectivity index (χ0v) is 12.0. The first-order valence-corrected chi connectivity index (χ1v) is 6.36. The molecular weight excluding hydrogens is 220 g/mol. The molecule has 0 aromatic heterocycles. The van der Waals surface area contributed by atoms with Gasteiger partial charge in [0.25, 0.3) is 0 Å². The van der Waals surface area contributed by atoms with E-state index in [4.69, 9.17) is 6.42 Å². The van der Waals surface area contributed by atoms with E-state index in [2.05, 4.69) is 61.2 Å². The van der Waals surface area contributed by atoms with Crippen LogP contribution in [-0.4, -0.2) is 24.0 Å². The molecule has 0 fully saturated rings. The van der Waals surface area contributed by atoms with Crippen molar-refractivity contribution in [3.8, 4) is 12.3 Å². The summed E-state index contributed by atoms with van der Waals surface area (Å²) in [7, 11) is 2.05. The fourth-order valence-electron chi connectivity index (χ4n) is 1.75. The Labute approximate surface area is 111 Å². The fourth-order valence-corrected chi connectivity index (χ4v) is 1.75. The molecule has 0 spiro atoms. The predicted octanol–water partition coefficient (Wildman–Crippen LogP) is 2.64. The summed E-state index contributed by atoms with van der Waals surface area (Å²) in [5.41, 5.74) is 2.82. The van der Waals surface area contributed by atoms with Gasteiger partial charge in [-0.2, -0.15) is 0 Å². The van der Waals surface area contributed by atoms with Crippen molar-refractivity contribution < 1.29 is 0 Å². The Morgan fingerprint density at radius 3 is 2.39 bits per heavy atom. The maximum atomic E-state index is 5.33. The molecule has 0 bridgehead atoms. The Morgan fingerprint density at radius 2 is 1.83 bits per heavy atom. The predicted molar refractivity (Wildman–Crippen MR) is 78.2 cm³/mol.